The summed E-state index contributed by atoms with van der Waals surface area (Å²) in [6.45, 7) is 11.5. The minimum Gasteiger partial charge on any atom is -0.332 e. The maximum Gasteiger partial charge on any atom is 0.113 e. The Morgan fingerprint density at radius 3 is 2.04 bits per heavy atom. The van der Waals surface area contributed by atoms with Crippen LogP contribution >= 0.6 is 0 Å². The largest absolute Gasteiger partial charge is 0.332 e. The maximum absolute atomic E-state index is 4.86. The number of hydrogen-bond acceptors (Lipinski definition) is 1. The highest BCUT2D eigenvalue weighted by Gasteiger charge is 2.41. The van der Waals surface area contributed by atoms with E-state index in [1.165, 1.54) is 17.0 Å². The van der Waals surface area contributed by atoms with Gasteiger partial charge in [-0.25, -0.2) is 4.98 Å². The van der Waals surface area contributed by atoms with Gasteiger partial charge in [0.2, 0.25) is 0 Å². The first kappa shape index (κ1) is 19.4. The number of hydrogen-bond donors (Lipinski definition) is 0. The smallest absolute Gasteiger partial charge is 0.113 e. The van der Waals surface area contributed by atoms with Crippen LogP contribution in [0, 0.1) is 5.92 Å². The molecule has 0 spiro atoms. The number of rotatable bonds is 7. The highest BCUT2D eigenvalue weighted by molar-refractivity contribution is 5.33. The molecule has 2 heteroatoms. The molecule has 1 heterocycles. The molecule has 2 aromatic carbocycles. The average Bonchev–Trinajstić information content (AvgIpc) is 3.12. The predicted octanol–water partition coefficient (Wildman–Crippen LogP) is 6.40. The maximum atomic E-state index is 4.86. The molecule has 0 aliphatic heterocycles. The molecule has 3 aromatic rings. The van der Waals surface area contributed by atoms with E-state index in [1.54, 1.807) is 0 Å². The lowest BCUT2D eigenvalue weighted by atomic mass is 9.64. The van der Waals surface area contributed by atoms with Crippen molar-refractivity contribution in [1.29, 1.82) is 0 Å². The van der Waals surface area contributed by atoms with Gasteiger partial charge in [-0.15, -0.1) is 0 Å². The Morgan fingerprint density at radius 1 is 0.889 bits per heavy atom. The van der Waals surface area contributed by atoms with Crippen molar-refractivity contribution in [3.8, 4) is 0 Å². The van der Waals surface area contributed by atoms with Gasteiger partial charge in [0.1, 0.15) is 5.82 Å². The van der Waals surface area contributed by atoms with Gasteiger partial charge in [0.25, 0.3) is 0 Å². The van der Waals surface area contributed by atoms with Gasteiger partial charge in [-0.3, -0.25) is 0 Å². The Hall–Kier alpha value is -2.35. The number of imidazole rings is 1. The van der Waals surface area contributed by atoms with Crippen molar-refractivity contribution in [2.75, 3.05) is 0 Å². The molecular formula is C25H32N2. The Labute approximate surface area is 164 Å². The van der Waals surface area contributed by atoms with E-state index in [4.69, 9.17) is 4.98 Å². The average molecular weight is 361 g/mol. The van der Waals surface area contributed by atoms with E-state index in [-0.39, 0.29) is 5.41 Å². The molecule has 3 rings (SSSR count). The Balaban J connectivity index is 2.16. The van der Waals surface area contributed by atoms with Crippen LogP contribution in [0.25, 0.3) is 0 Å². The molecule has 0 N–H and O–H groups in total. The van der Waals surface area contributed by atoms with Crippen molar-refractivity contribution in [3.05, 3.63) is 90.0 Å². The van der Waals surface area contributed by atoms with Crippen molar-refractivity contribution in [2.45, 2.75) is 58.4 Å². The predicted molar refractivity (Wildman–Crippen MR) is 114 cm³/mol. The number of nitrogens with zero attached hydrogens (tertiary/aromatic N) is 2. The standard InChI is InChI=1S/C25H32N2/c1-19(2)23(24-26-16-17-27(24)20(3)4)25(5,22-14-10-7-11-15-22)18-21-12-8-6-9-13-21/h6-17,19-20,23H,18H2,1-5H3. The van der Waals surface area contributed by atoms with Gasteiger partial charge in [0.05, 0.1) is 0 Å². The molecular weight excluding hydrogens is 328 g/mol. The molecule has 0 saturated carbocycles. The van der Waals surface area contributed by atoms with E-state index in [0.29, 0.717) is 17.9 Å². The number of aromatic nitrogens is 2. The van der Waals surface area contributed by atoms with Crippen LogP contribution in [-0.4, -0.2) is 9.55 Å². The van der Waals surface area contributed by atoms with Crippen LogP contribution in [0.3, 0.4) is 0 Å². The highest BCUT2D eigenvalue weighted by Crippen LogP contribution is 2.45. The number of benzene rings is 2. The lowest BCUT2D eigenvalue weighted by Crippen LogP contribution is -2.37. The van der Waals surface area contributed by atoms with Crippen LogP contribution in [0.2, 0.25) is 0 Å². The van der Waals surface area contributed by atoms with E-state index >= 15 is 0 Å². The summed E-state index contributed by atoms with van der Waals surface area (Å²) in [5, 5.41) is 0. The molecule has 0 amide bonds. The molecule has 2 atom stereocenters. The monoisotopic (exact) mass is 360 g/mol. The van der Waals surface area contributed by atoms with Crippen LogP contribution < -0.4 is 0 Å². The summed E-state index contributed by atoms with van der Waals surface area (Å²) in [5.41, 5.74) is 2.71. The molecule has 1 aromatic heterocycles. The molecule has 2 nitrogen and oxygen atoms in total. The molecule has 0 aliphatic carbocycles. The van der Waals surface area contributed by atoms with E-state index in [1.807, 2.05) is 6.20 Å². The second-order valence-corrected chi connectivity index (χ2v) is 8.45. The Morgan fingerprint density at radius 2 is 1.48 bits per heavy atom. The topological polar surface area (TPSA) is 17.8 Å². The van der Waals surface area contributed by atoms with Gasteiger partial charge < -0.3 is 4.57 Å². The first-order chi connectivity index (χ1) is 12.9. The molecule has 27 heavy (non-hydrogen) atoms. The lowest BCUT2D eigenvalue weighted by molar-refractivity contribution is 0.279. The Bertz CT molecular complexity index is 833. The first-order valence-corrected chi connectivity index (χ1v) is 10.1. The van der Waals surface area contributed by atoms with Gasteiger partial charge >= 0.3 is 0 Å². The second-order valence-electron chi connectivity index (χ2n) is 8.45. The van der Waals surface area contributed by atoms with Crippen molar-refractivity contribution in [3.63, 3.8) is 0 Å². The summed E-state index contributed by atoms with van der Waals surface area (Å²) in [7, 11) is 0. The summed E-state index contributed by atoms with van der Waals surface area (Å²) < 4.78 is 2.34. The summed E-state index contributed by atoms with van der Waals surface area (Å²) >= 11 is 0. The van der Waals surface area contributed by atoms with Gasteiger partial charge in [-0.2, -0.15) is 0 Å². The van der Waals surface area contributed by atoms with E-state index in [2.05, 4.69) is 106 Å². The molecule has 0 bridgehead atoms. The fourth-order valence-corrected chi connectivity index (χ4v) is 4.55. The molecule has 0 saturated heterocycles. The molecule has 2 unspecified atom stereocenters. The van der Waals surface area contributed by atoms with Crippen LogP contribution in [-0.2, 0) is 11.8 Å². The zero-order valence-corrected chi connectivity index (χ0v) is 17.3. The van der Waals surface area contributed by atoms with E-state index in [0.717, 1.165) is 6.42 Å². The van der Waals surface area contributed by atoms with Crippen LogP contribution in [0.4, 0.5) is 0 Å². The van der Waals surface area contributed by atoms with Gasteiger partial charge in [0.15, 0.2) is 0 Å². The zero-order valence-electron chi connectivity index (χ0n) is 17.3. The highest BCUT2D eigenvalue weighted by atomic mass is 15.1. The van der Waals surface area contributed by atoms with Crippen LogP contribution in [0.1, 0.15) is 63.5 Å². The minimum atomic E-state index is -0.0469. The van der Waals surface area contributed by atoms with Crippen molar-refractivity contribution in [2.24, 2.45) is 5.92 Å². The third-order valence-electron chi connectivity index (χ3n) is 5.73. The minimum absolute atomic E-state index is 0.0469. The fourth-order valence-electron chi connectivity index (χ4n) is 4.55. The third-order valence-corrected chi connectivity index (χ3v) is 5.73. The second kappa shape index (κ2) is 8.12. The van der Waals surface area contributed by atoms with Crippen LogP contribution in [0.5, 0.6) is 0 Å². The van der Waals surface area contributed by atoms with Crippen LogP contribution in [0.15, 0.2) is 73.1 Å². The van der Waals surface area contributed by atoms with E-state index in [9.17, 15) is 0 Å². The fraction of sp³-hybridized carbons (Fsp3) is 0.400. The zero-order chi connectivity index (χ0) is 19.4. The molecule has 142 valence electrons. The summed E-state index contributed by atoms with van der Waals surface area (Å²) in [6, 6.07) is 22.2. The first-order valence-electron chi connectivity index (χ1n) is 10.1. The SMILES string of the molecule is CC(C)C(c1nccn1C(C)C)C(C)(Cc1ccccc1)c1ccccc1. The quantitative estimate of drug-likeness (QED) is 0.476. The molecule has 0 radical (unpaired) electrons. The summed E-state index contributed by atoms with van der Waals surface area (Å²) in [6.07, 6.45) is 5.08. The summed E-state index contributed by atoms with van der Waals surface area (Å²) in [4.78, 5) is 4.86. The summed E-state index contributed by atoms with van der Waals surface area (Å²) in [5.74, 6) is 1.98. The normalized spacial score (nSPS) is 15.1. The van der Waals surface area contributed by atoms with Gasteiger partial charge in [-0.05, 0) is 37.3 Å². The van der Waals surface area contributed by atoms with Gasteiger partial charge in [-0.1, -0.05) is 81.4 Å². The lowest BCUT2D eigenvalue weighted by Gasteiger charge is -2.41. The molecule has 0 aliphatic rings. The van der Waals surface area contributed by atoms with Crippen molar-refractivity contribution < 1.29 is 0 Å². The third kappa shape index (κ3) is 4.00. The van der Waals surface area contributed by atoms with E-state index < -0.39 is 0 Å². The van der Waals surface area contributed by atoms with Gasteiger partial charge in [0, 0.05) is 29.8 Å². The van der Waals surface area contributed by atoms with Crippen molar-refractivity contribution in [1.82, 2.24) is 9.55 Å². The molecule has 0 fully saturated rings. The van der Waals surface area contributed by atoms with Crippen molar-refractivity contribution >= 4 is 0 Å². The Kier molecular flexibility index (Phi) is 5.84.